The molecule has 5 rings (SSSR count). The fraction of sp³-hybridized carbons (Fsp3) is 0.350. The second-order valence-electron chi connectivity index (χ2n) is 7.55. The standard InChI is InChI=1S/C20H21N7O/c1-25-14-23-18(24-25)19(28)26-10-7-20(12-26)13-27(11-15-5-2-3-8-21-15)16-6-4-9-22-17(16)20/h2-6,8-9,14H,7,10-13H2,1H3. The van der Waals surface area contributed by atoms with Gasteiger partial charge < -0.3 is 9.80 Å². The van der Waals surface area contributed by atoms with E-state index in [4.69, 9.17) is 4.98 Å². The van der Waals surface area contributed by atoms with E-state index in [0.29, 0.717) is 13.1 Å². The molecule has 1 amide bonds. The number of rotatable bonds is 3. The number of aryl methyl sites for hydroxylation is 1. The summed E-state index contributed by atoms with van der Waals surface area (Å²) in [7, 11) is 1.77. The Balaban J connectivity index is 1.42. The second-order valence-corrected chi connectivity index (χ2v) is 7.55. The lowest BCUT2D eigenvalue weighted by atomic mass is 9.85. The predicted octanol–water partition coefficient (Wildman–Crippen LogP) is 1.41. The molecule has 0 aliphatic carbocycles. The third-order valence-electron chi connectivity index (χ3n) is 5.63. The molecule has 8 heteroatoms. The van der Waals surface area contributed by atoms with Crippen molar-refractivity contribution in [2.45, 2.75) is 18.4 Å². The van der Waals surface area contributed by atoms with Gasteiger partial charge in [0.25, 0.3) is 5.91 Å². The number of anilines is 1. The average molecular weight is 375 g/mol. The molecule has 1 saturated heterocycles. The molecule has 142 valence electrons. The molecule has 8 nitrogen and oxygen atoms in total. The summed E-state index contributed by atoms with van der Waals surface area (Å²) in [6, 6.07) is 10.1. The first-order valence-corrected chi connectivity index (χ1v) is 9.40. The second kappa shape index (κ2) is 6.40. The van der Waals surface area contributed by atoms with E-state index in [0.717, 1.165) is 36.6 Å². The van der Waals surface area contributed by atoms with Gasteiger partial charge in [-0.15, -0.1) is 5.10 Å². The van der Waals surface area contributed by atoms with Crippen LogP contribution in [-0.4, -0.2) is 55.2 Å². The maximum absolute atomic E-state index is 12.8. The van der Waals surface area contributed by atoms with Crippen LogP contribution in [0, 0.1) is 0 Å². The summed E-state index contributed by atoms with van der Waals surface area (Å²) in [5.41, 5.74) is 3.09. The molecule has 3 aromatic rings. The van der Waals surface area contributed by atoms with Crippen LogP contribution in [0.25, 0.3) is 0 Å². The molecule has 0 N–H and O–H groups in total. The summed E-state index contributed by atoms with van der Waals surface area (Å²) < 4.78 is 1.56. The summed E-state index contributed by atoms with van der Waals surface area (Å²) in [5.74, 6) is 0.141. The van der Waals surface area contributed by atoms with Crippen molar-refractivity contribution in [1.29, 1.82) is 0 Å². The number of carbonyl (C=O) groups is 1. The molecule has 28 heavy (non-hydrogen) atoms. The quantitative estimate of drug-likeness (QED) is 0.689. The Morgan fingerprint density at radius 2 is 2.00 bits per heavy atom. The molecular weight excluding hydrogens is 354 g/mol. The molecule has 3 aromatic heterocycles. The SMILES string of the molecule is Cn1cnc(C(=O)N2CCC3(C2)CN(Cc2ccccn2)c2cccnc23)n1. The van der Waals surface area contributed by atoms with Crippen LogP contribution >= 0.6 is 0 Å². The minimum absolute atomic E-state index is 0.113. The summed E-state index contributed by atoms with van der Waals surface area (Å²) >= 11 is 0. The number of pyridine rings is 2. The monoisotopic (exact) mass is 375 g/mol. The van der Waals surface area contributed by atoms with Crippen LogP contribution in [0.15, 0.2) is 49.1 Å². The number of hydrogen-bond donors (Lipinski definition) is 0. The highest BCUT2D eigenvalue weighted by molar-refractivity contribution is 5.90. The molecular formula is C20H21N7O. The van der Waals surface area contributed by atoms with E-state index in [1.165, 1.54) is 0 Å². The zero-order valence-electron chi connectivity index (χ0n) is 15.7. The van der Waals surface area contributed by atoms with Gasteiger partial charge in [-0.1, -0.05) is 6.07 Å². The molecule has 0 saturated carbocycles. The molecule has 0 aromatic carbocycles. The van der Waals surface area contributed by atoms with Crippen molar-refractivity contribution in [3.63, 3.8) is 0 Å². The van der Waals surface area contributed by atoms with Gasteiger partial charge in [-0.2, -0.15) is 0 Å². The van der Waals surface area contributed by atoms with Gasteiger partial charge in [0.2, 0.25) is 5.82 Å². The molecule has 1 spiro atoms. The largest absolute Gasteiger partial charge is 0.363 e. The molecule has 5 heterocycles. The number of likely N-dealkylation sites (tertiary alicyclic amines) is 1. The molecule has 0 bridgehead atoms. The Bertz CT molecular complexity index is 1020. The number of nitrogens with zero attached hydrogens (tertiary/aromatic N) is 7. The van der Waals surface area contributed by atoms with Crippen LogP contribution in [-0.2, 0) is 19.0 Å². The van der Waals surface area contributed by atoms with E-state index < -0.39 is 0 Å². The first-order valence-electron chi connectivity index (χ1n) is 9.40. The number of hydrogen-bond acceptors (Lipinski definition) is 6. The number of aromatic nitrogens is 5. The molecule has 2 aliphatic rings. The van der Waals surface area contributed by atoms with Crippen LogP contribution in [0.2, 0.25) is 0 Å². The minimum Gasteiger partial charge on any atom is -0.363 e. The summed E-state index contributed by atoms with van der Waals surface area (Å²) in [5, 5.41) is 4.17. The van der Waals surface area contributed by atoms with Crippen LogP contribution < -0.4 is 4.90 Å². The smallest absolute Gasteiger partial charge is 0.293 e. The predicted molar refractivity (Wildman–Crippen MR) is 103 cm³/mol. The fourth-order valence-corrected chi connectivity index (χ4v) is 4.36. The molecule has 1 unspecified atom stereocenters. The highest BCUT2D eigenvalue weighted by Crippen LogP contribution is 2.45. The van der Waals surface area contributed by atoms with Crippen molar-refractivity contribution >= 4 is 11.6 Å². The Hall–Kier alpha value is -3.29. The van der Waals surface area contributed by atoms with Crippen molar-refractivity contribution in [3.8, 4) is 0 Å². The number of amides is 1. The van der Waals surface area contributed by atoms with E-state index in [1.54, 1.807) is 18.1 Å². The highest BCUT2D eigenvalue weighted by Gasteiger charge is 2.49. The van der Waals surface area contributed by atoms with Gasteiger partial charge in [0.1, 0.15) is 6.33 Å². The first-order chi connectivity index (χ1) is 13.6. The normalized spacial score (nSPS) is 20.8. The molecule has 0 radical (unpaired) electrons. The molecule has 2 aliphatic heterocycles. The van der Waals surface area contributed by atoms with Crippen molar-refractivity contribution in [1.82, 2.24) is 29.6 Å². The van der Waals surface area contributed by atoms with Crippen LogP contribution in [0.3, 0.4) is 0 Å². The number of carbonyl (C=O) groups excluding carboxylic acids is 1. The van der Waals surface area contributed by atoms with Gasteiger partial charge in [0.15, 0.2) is 0 Å². The van der Waals surface area contributed by atoms with Crippen molar-refractivity contribution in [2.75, 3.05) is 24.5 Å². The minimum atomic E-state index is -0.157. The van der Waals surface area contributed by atoms with E-state index >= 15 is 0 Å². The van der Waals surface area contributed by atoms with Crippen molar-refractivity contribution in [2.24, 2.45) is 7.05 Å². The van der Waals surface area contributed by atoms with Crippen LogP contribution in [0.5, 0.6) is 0 Å². The molecule has 1 fully saturated rings. The summed E-state index contributed by atoms with van der Waals surface area (Å²) in [6.45, 7) is 2.88. The lowest BCUT2D eigenvalue weighted by Crippen LogP contribution is -2.38. The van der Waals surface area contributed by atoms with E-state index in [2.05, 4.69) is 26.0 Å². The Morgan fingerprint density at radius 1 is 1.11 bits per heavy atom. The van der Waals surface area contributed by atoms with Gasteiger partial charge in [-0.3, -0.25) is 19.4 Å². The Morgan fingerprint density at radius 3 is 2.79 bits per heavy atom. The average Bonchev–Trinajstić information content (AvgIpc) is 3.42. The lowest BCUT2D eigenvalue weighted by molar-refractivity contribution is 0.0772. The van der Waals surface area contributed by atoms with E-state index in [9.17, 15) is 4.79 Å². The highest BCUT2D eigenvalue weighted by atomic mass is 16.2. The van der Waals surface area contributed by atoms with Crippen LogP contribution in [0.1, 0.15) is 28.4 Å². The third kappa shape index (κ3) is 2.72. The van der Waals surface area contributed by atoms with E-state index in [1.807, 2.05) is 41.6 Å². The lowest BCUT2D eigenvalue weighted by Gasteiger charge is -2.25. The molecule has 1 atom stereocenters. The maximum atomic E-state index is 12.8. The third-order valence-corrected chi connectivity index (χ3v) is 5.63. The van der Waals surface area contributed by atoms with Gasteiger partial charge in [0.05, 0.1) is 29.0 Å². The van der Waals surface area contributed by atoms with E-state index in [-0.39, 0.29) is 17.1 Å². The van der Waals surface area contributed by atoms with Crippen molar-refractivity contribution < 1.29 is 4.79 Å². The van der Waals surface area contributed by atoms with Gasteiger partial charge in [-0.05, 0) is 30.7 Å². The topological polar surface area (TPSA) is 80.0 Å². The first kappa shape index (κ1) is 16.9. The van der Waals surface area contributed by atoms with Crippen molar-refractivity contribution in [3.05, 3.63) is 66.3 Å². The zero-order valence-corrected chi connectivity index (χ0v) is 15.7. The van der Waals surface area contributed by atoms with Gasteiger partial charge in [-0.25, -0.2) is 4.98 Å². The fourth-order valence-electron chi connectivity index (χ4n) is 4.36. The maximum Gasteiger partial charge on any atom is 0.293 e. The van der Waals surface area contributed by atoms with Gasteiger partial charge >= 0.3 is 0 Å². The Kier molecular flexibility index (Phi) is 3.85. The summed E-state index contributed by atoms with van der Waals surface area (Å²) in [4.78, 5) is 30.3. The number of fused-ring (bicyclic) bond motifs is 2. The summed E-state index contributed by atoms with van der Waals surface area (Å²) in [6.07, 6.45) is 6.10. The van der Waals surface area contributed by atoms with Gasteiger partial charge in [0, 0.05) is 39.1 Å². The van der Waals surface area contributed by atoms with Crippen LogP contribution in [0.4, 0.5) is 5.69 Å². The Labute approximate surface area is 162 Å². The zero-order chi connectivity index (χ0) is 19.1.